The summed E-state index contributed by atoms with van der Waals surface area (Å²) in [6, 6.07) is 0.188. The maximum absolute atomic E-state index is 12.8. The van der Waals surface area contributed by atoms with Gasteiger partial charge in [-0.2, -0.15) is 5.10 Å². The molecule has 0 spiro atoms. The number of H-pyrrole nitrogens is 1. The number of carbonyl (C=O) groups is 1. The molecule has 1 aliphatic carbocycles. The molecule has 0 bridgehead atoms. The van der Waals surface area contributed by atoms with Gasteiger partial charge in [-0.3, -0.25) is 9.89 Å². The van der Waals surface area contributed by atoms with Gasteiger partial charge in [-0.05, 0) is 25.7 Å². The average molecular weight is 294 g/mol. The molecule has 118 valence electrons. The summed E-state index contributed by atoms with van der Waals surface area (Å²) in [5.74, 6) is 0.362. The van der Waals surface area contributed by atoms with Crippen LogP contribution in [0.15, 0.2) is 0 Å². The van der Waals surface area contributed by atoms with Crippen LogP contribution in [0.1, 0.15) is 61.6 Å². The summed E-state index contributed by atoms with van der Waals surface area (Å²) < 4.78 is 5.13. The second-order valence-corrected chi connectivity index (χ2v) is 5.64. The van der Waals surface area contributed by atoms with Gasteiger partial charge in [0.1, 0.15) is 0 Å². The number of rotatable bonds is 8. The molecular weight excluding hydrogens is 268 g/mol. The van der Waals surface area contributed by atoms with E-state index in [-0.39, 0.29) is 11.9 Å². The first-order valence-corrected chi connectivity index (χ1v) is 7.77. The number of nitrogens with zero attached hydrogens (tertiary/aromatic N) is 2. The molecule has 0 unspecified atom stereocenters. The molecule has 1 fully saturated rings. The van der Waals surface area contributed by atoms with E-state index in [9.17, 15) is 4.79 Å². The second kappa shape index (κ2) is 6.93. The number of anilines is 1. The van der Waals surface area contributed by atoms with Gasteiger partial charge in [-0.25, -0.2) is 0 Å². The van der Waals surface area contributed by atoms with Crippen LogP contribution in [0.5, 0.6) is 0 Å². The molecule has 1 saturated carbocycles. The summed E-state index contributed by atoms with van der Waals surface area (Å²) in [5.41, 5.74) is 7.93. The SMILES string of the molecule is CCC(CC)N(CCOC)C(=O)c1n[nH]c(C2CC2)c1N. The van der Waals surface area contributed by atoms with Crippen molar-refractivity contribution in [2.24, 2.45) is 0 Å². The molecule has 6 heteroatoms. The Labute approximate surface area is 126 Å². The lowest BCUT2D eigenvalue weighted by molar-refractivity contribution is 0.0584. The van der Waals surface area contributed by atoms with Crippen molar-refractivity contribution in [1.29, 1.82) is 0 Å². The number of ether oxygens (including phenoxy) is 1. The Hall–Kier alpha value is -1.56. The van der Waals surface area contributed by atoms with E-state index >= 15 is 0 Å². The van der Waals surface area contributed by atoms with Crippen LogP contribution in [0.3, 0.4) is 0 Å². The van der Waals surface area contributed by atoms with Crippen LogP contribution in [-0.4, -0.2) is 47.3 Å². The minimum Gasteiger partial charge on any atom is -0.395 e. The summed E-state index contributed by atoms with van der Waals surface area (Å²) in [7, 11) is 1.64. The third kappa shape index (κ3) is 3.37. The highest BCUT2D eigenvalue weighted by atomic mass is 16.5. The van der Waals surface area contributed by atoms with E-state index in [4.69, 9.17) is 10.5 Å². The molecule has 6 nitrogen and oxygen atoms in total. The Morgan fingerprint density at radius 1 is 1.48 bits per heavy atom. The number of aromatic nitrogens is 2. The van der Waals surface area contributed by atoms with Crippen LogP contribution in [0, 0.1) is 0 Å². The first-order valence-electron chi connectivity index (χ1n) is 7.77. The topological polar surface area (TPSA) is 84.2 Å². The number of methoxy groups -OCH3 is 1. The summed E-state index contributed by atoms with van der Waals surface area (Å²) in [6.45, 7) is 5.25. The Balaban J connectivity index is 2.20. The lowest BCUT2D eigenvalue weighted by atomic mass is 10.1. The van der Waals surface area contributed by atoms with Crippen LogP contribution in [-0.2, 0) is 4.74 Å². The first kappa shape index (κ1) is 15.8. The molecule has 0 radical (unpaired) electrons. The molecule has 1 aromatic rings. The van der Waals surface area contributed by atoms with Gasteiger partial charge in [-0.1, -0.05) is 13.8 Å². The van der Waals surface area contributed by atoms with Crippen LogP contribution in [0.25, 0.3) is 0 Å². The molecule has 2 rings (SSSR count). The largest absolute Gasteiger partial charge is 0.395 e. The minimum absolute atomic E-state index is 0.0959. The number of nitrogens with one attached hydrogen (secondary N) is 1. The predicted octanol–water partition coefficient (Wildman–Crippen LogP) is 2.15. The van der Waals surface area contributed by atoms with Gasteiger partial charge < -0.3 is 15.4 Å². The molecule has 1 aliphatic rings. The van der Waals surface area contributed by atoms with Crippen LogP contribution >= 0.6 is 0 Å². The quantitative estimate of drug-likeness (QED) is 0.769. The maximum atomic E-state index is 12.8. The van der Waals surface area contributed by atoms with Crippen LogP contribution in [0.2, 0.25) is 0 Å². The summed E-state index contributed by atoms with van der Waals surface area (Å²) in [5, 5.41) is 7.12. The molecule has 1 heterocycles. The lowest BCUT2D eigenvalue weighted by Crippen LogP contribution is -2.42. The highest BCUT2D eigenvalue weighted by Crippen LogP contribution is 2.42. The van der Waals surface area contributed by atoms with Gasteiger partial charge in [0.05, 0.1) is 18.0 Å². The van der Waals surface area contributed by atoms with Crippen molar-refractivity contribution < 1.29 is 9.53 Å². The zero-order chi connectivity index (χ0) is 15.4. The number of nitrogens with two attached hydrogens (primary N) is 1. The average Bonchev–Trinajstić information content (AvgIpc) is 3.26. The smallest absolute Gasteiger partial charge is 0.276 e. The molecule has 0 saturated heterocycles. The highest BCUT2D eigenvalue weighted by Gasteiger charge is 2.32. The summed E-state index contributed by atoms with van der Waals surface area (Å²) in [4.78, 5) is 14.6. The van der Waals surface area contributed by atoms with Gasteiger partial charge in [0.2, 0.25) is 0 Å². The van der Waals surface area contributed by atoms with Gasteiger partial charge in [0.25, 0.3) is 5.91 Å². The molecule has 1 amide bonds. The maximum Gasteiger partial charge on any atom is 0.276 e. The summed E-state index contributed by atoms with van der Waals surface area (Å²) in [6.07, 6.45) is 4.07. The van der Waals surface area contributed by atoms with Crippen LogP contribution in [0.4, 0.5) is 5.69 Å². The fourth-order valence-electron chi connectivity index (χ4n) is 2.72. The molecule has 3 N–H and O–H groups in total. The number of aromatic amines is 1. The summed E-state index contributed by atoms with van der Waals surface area (Å²) >= 11 is 0. The number of nitrogen functional groups attached to an aromatic ring is 1. The number of hydrogen-bond acceptors (Lipinski definition) is 4. The van der Waals surface area contributed by atoms with E-state index in [1.807, 2.05) is 4.90 Å². The van der Waals surface area contributed by atoms with E-state index in [0.717, 1.165) is 31.4 Å². The van der Waals surface area contributed by atoms with E-state index in [1.165, 1.54) is 0 Å². The predicted molar refractivity (Wildman–Crippen MR) is 82.3 cm³/mol. The molecule has 0 atom stereocenters. The van der Waals surface area contributed by atoms with Gasteiger partial charge >= 0.3 is 0 Å². The molecular formula is C15H26N4O2. The third-order valence-electron chi connectivity index (χ3n) is 4.20. The van der Waals surface area contributed by atoms with E-state index in [1.54, 1.807) is 7.11 Å². The van der Waals surface area contributed by atoms with Crippen molar-refractivity contribution in [2.75, 3.05) is 26.0 Å². The van der Waals surface area contributed by atoms with Crippen LogP contribution < -0.4 is 5.73 Å². The van der Waals surface area contributed by atoms with E-state index in [2.05, 4.69) is 24.0 Å². The fraction of sp³-hybridized carbons (Fsp3) is 0.733. The zero-order valence-electron chi connectivity index (χ0n) is 13.2. The van der Waals surface area contributed by atoms with Gasteiger partial charge in [0.15, 0.2) is 5.69 Å². The van der Waals surface area contributed by atoms with Crippen molar-refractivity contribution in [3.8, 4) is 0 Å². The highest BCUT2D eigenvalue weighted by molar-refractivity contribution is 5.98. The second-order valence-electron chi connectivity index (χ2n) is 5.64. The van der Waals surface area contributed by atoms with Crippen molar-refractivity contribution in [3.63, 3.8) is 0 Å². The van der Waals surface area contributed by atoms with E-state index in [0.29, 0.717) is 30.5 Å². The number of hydrogen-bond donors (Lipinski definition) is 2. The van der Waals surface area contributed by atoms with Crippen molar-refractivity contribution >= 4 is 11.6 Å². The first-order chi connectivity index (χ1) is 10.1. The standard InChI is InChI=1S/C15H26N4O2/c1-4-11(5-2)19(8-9-21-3)15(20)14-12(16)13(17-18-14)10-6-7-10/h10-11H,4-9,16H2,1-3H3,(H,17,18). The third-order valence-corrected chi connectivity index (χ3v) is 4.20. The minimum atomic E-state index is -0.0959. The van der Waals surface area contributed by atoms with Crippen molar-refractivity contribution in [3.05, 3.63) is 11.4 Å². The molecule has 21 heavy (non-hydrogen) atoms. The molecule has 0 aliphatic heterocycles. The number of carbonyl (C=O) groups excluding carboxylic acids is 1. The Morgan fingerprint density at radius 2 is 2.14 bits per heavy atom. The fourth-order valence-corrected chi connectivity index (χ4v) is 2.72. The number of amides is 1. The Bertz CT molecular complexity index is 478. The molecule has 0 aromatic carbocycles. The van der Waals surface area contributed by atoms with Gasteiger partial charge in [0, 0.05) is 25.6 Å². The van der Waals surface area contributed by atoms with E-state index < -0.39 is 0 Å². The van der Waals surface area contributed by atoms with Crippen molar-refractivity contribution in [1.82, 2.24) is 15.1 Å². The lowest BCUT2D eigenvalue weighted by Gasteiger charge is -2.30. The monoisotopic (exact) mass is 294 g/mol. The van der Waals surface area contributed by atoms with Gasteiger partial charge in [-0.15, -0.1) is 0 Å². The zero-order valence-corrected chi connectivity index (χ0v) is 13.2. The normalized spacial score (nSPS) is 14.7. The van der Waals surface area contributed by atoms with Crippen molar-refractivity contribution in [2.45, 2.75) is 51.5 Å². The Kier molecular flexibility index (Phi) is 5.22. The molecule has 1 aromatic heterocycles. The Morgan fingerprint density at radius 3 is 2.67 bits per heavy atom.